The minimum absolute atomic E-state index is 0.104. The lowest BCUT2D eigenvalue weighted by Gasteiger charge is -2.19. The van der Waals surface area contributed by atoms with Gasteiger partial charge in [-0.2, -0.15) is 0 Å². The molecule has 1 aromatic carbocycles. The molecule has 1 N–H and O–H groups in total. The van der Waals surface area contributed by atoms with Crippen molar-refractivity contribution >= 4 is 11.4 Å². The van der Waals surface area contributed by atoms with Crippen LogP contribution in [-0.2, 0) is 0 Å². The van der Waals surface area contributed by atoms with Crippen molar-refractivity contribution in [3.63, 3.8) is 0 Å². The molecule has 0 fully saturated rings. The maximum atomic E-state index is 10.6. The number of benzene rings is 1. The summed E-state index contributed by atoms with van der Waals surface area (Å²) in [6, 6.07) is 3.21. The average Bonchev–Trinajstić information content (AvgIpc) is 2.16. The Morgan fingerprint density at radius 1 is 1.57 bits per heavy atom. The number of ether oxygens (including phenoxy) is 1. The van der Waals surface area contributed by atoms with Crippen molar-refractivity contribution in [2.24, 2.45) is 0 Å². The zero-order valence-corrected chi connectivity index (χ0v) is 7.74. The summed E-state index contributed by atoms with van der Waals surface area (Å²) in [6.45, 7) is 3.01. The second kappa shape index (κ2) is 3.17. The topological polar surface area (TPSA) is 64.4 Å². The van der Waals surface area contributed by atoms with Gasteiger partial charge in [-0.05, 0) is 13.0 Å². The van der Waals surface area contributed by atoms with E-state index in [2.05, 4.69) is 5.32 Å². The summed E-state index contributed by atoms with van der Waals surface area (Å²) in [6.07, 6.45) is 0. The highest BCUT2D eigenvalue weighted by Crippen LogP contribution is 2.33. The van der Waals surface area contributed by atoms with Gasteiger partial charge in [0.1, 0.15) is 12.4 Å². The van der Waals surface area contributed by atoms with E-state index in [0.29, 0.717) is 17.9 Å². The summed E-state index contributed by atoms with van der Waals surface area (Å²) in [5, 5.41) is 13.8. The van der Waals surface area contributed by atoms with Gasteiger partial charge in [0.2, 0.25) is 0 Å². The first kappa shape index (κ1) is 8.80. The van der Waals surface area contributed by atoms with Crippen molar-refractivity contribution < 1.29 is 9.66 Å². The van der Waals surface area contributed by atoms with E-state index in [1.807, 2.05) is 0 Å². The molecule has 1 aliphatic heterocycles. The Bertz CT molecular complexity index is 390. The van der Waals surface area contributed by atoms with Crippen molar-refractivity contribution in [2.45, 2.75) is 6.92 Å². The average molecular weight is 194 g/mol. The van der Waals surface area contributed by atoms with E-state index in [4.69, 9.17) is 4.74 Å². The second-order valence-electron chi connectivity index (χ2n) is 3.17. The monoisotopic (exact) mass is 194 g/mol. The molecule has 0 atom stereocenters. The highest BCUT2D eigenvalue weighted by molar-refractivity contribution is 5.64. The molecule has 2 rings (SSSR count). The van der Waals surface area contributed by atoms with E-state index in [0.717, 1.165) is 12.2 Å². The minimum Gasteiger partial charge on any atom is -0.489 e. The van der Waals surface area contributed by atoms with Crippen molar-refractivity contribution in [3.05, 3.63) is 27.8 Å². The number of hydrogen-bond donors (Lipinski definition) is 1. The lowest BCUT2D eigenvalue weighted by Crippen LogP contribution is -2.18. The number of nitrogens with zero attached hydrogens (tertiary/aromatic N) is 1. The maximum absolute atomic E-state index is 10.6. The number of anilines is 1. The molecule has 0 spiro atoms. The lowest BCUT2D eigenvalue weighted by atomic mass is 10.1. The number of aryl methyl sites for hydroxylation is 1. The van der Waals surface area contributed by atoms with E-state index in [-0.39, 0.29) is 5.69 Å². The molecule has 0 saturated carbocycles. The number of fused-ring (bicyclic) bond motifs is 1. The fraction of sp³-hybridized carbons (Fsp3) is 0.333. The van der Waals surface area contributed by atoms with E-state index in [9.17, 15) is 10.1 Å². The second-order valence-corrected chi connectivity index (χ2v) is 3.17. The van der Waals surface area contributed by atoms with Crippen LogP contribution in [-0.4, -0.2) is 18.1 Å². The summed E-state index contributed by atoms with van der Waals surface area (Å²) >= 11 is 0. The molecular formula is C9H10N2O3. The largest absolute Gasteiger partial charge is 0.489 e. The normalized spacial score (nSPS) is 13.8. The van der Waals surface area contributed by atoms with E-state index in [1.54, 1.807) is 13.0 Å². The van der Waals surface area contributed by atoms with Gasteiger partial charge in [-0.15, -0.1) is 0 Å². The molecular weight excluding hydrogens is 184 g/mol. The summed E-state index contributed by atoms with van der Waals surface area (Å²) in [5.74, 6) is 0.563. The molecule has 0 amide bonds. The maximum Gasteiger partial charge on any atom is 0.276 e. The summed E-state index contributed by atoms with van der Waals surface area (Å²) in [4.78, 5) is 10.2. The Morgan fingerprint density at radius 3 is 3.07 bits per heavy atom. The zero-order valence-electron chi connectivity index (χ0n) is 7.74. The van der Waals surface area contributed by atoms with Crippen LogP contribution in [0.15, 0.2) is 12.1 Å². The zero-order chi connectivity index (χ0) is 10.1. The fourth-order valence-corrected chi connectivity index (χ4v) is 1.48. The van der Waals surface area contributed by atoms with Crippen molar-refractivity contribution in [2.75, 3.05) is 18.5 Å². The van der Waals surface area contributed by atoms with Crippen LogP contribution in [0.5, 0.6) is 5.75 Å². The number of nitro benzene ring substituents is 1. The number of nitro groups is 1. The Labute approximate surface area is 80.8 Å². The molecule has 1 aromatic rings. The summed E-state index contributed by atoms with van der Waals surface area (Å²) in [7, 11) is 0. The van der Waals surface area contributed by atoms with Gasteiger partial charge >= 0.3 is 0 Å². The lowest BCUT2D eigenvalue weighted by molar-refractivity contribution is -0.385. The molecule has 5 nitrogen and oxygen atoms in total. The smallest absolute Gasteiger partial charge is 0.276 e. The molecule has 5 heteroatoms. The van der Waals surface area contributed by atoms with Crippen LogP contribution in [0.25, 0.3) is 0 Å². The van der Waals surface area contributed by atoms with Crippen molar-refractivity contribution in [1.82, 2.24) is 0 Å². The third-order valence-electron chi connectivity index (χ3n) is 2.17. The van der Waals surface area contributed by atoms with Gasteiger partial charge in [0.05, 0.1) is 16.7 Å². The van der Waals surface area contributed by atoms with Gasteiger partial charge in [0.25, 0.3) is 5.69 Å². The highest BCUT2D eigenvalue weighted by Gasteiger charge is 2.18. The molecule has 0 aromatic heterocycles. The highest BCUT2D eigenvalue weighted by atomic mass is 16.6. The van der Waals surface area contributed by atoms with Crippen LogP contribution >= 0.6 is 0 Å². The Balaban J connectivity index is 2.50. The van der Waals surface area contributed by atoms with Gasteiger partial charge in [-0.1, -0.05) is 0 Å². The number of hydrogen-bond acceptors (Lipinski definition) is 4. The van der Waals surface area contributed by atoms with E-state index < -0.39 is 4.92 Å². The quantitative estimate of drug-likeness (QED) is 0.546. The Morgan fingerprint density at radius 2 is 2.36 bits per heavy atom. The molecule has 14 heavy (non-hydrogen) atoms. The van der Waals surface area contributed by atoms with Crippen LogP contribution in [0.2, 0.25) is 0 Å². The first-order valence-corrected chi connectivity index (χ1v) is 4.34. The van der Waals surface area contributed by atoms with Crippen LogP contribution < -0.4 is 10.1 Å². The van der Waals surface area contributed by atoms with Gasteiger partial charge in [-0.25, -0.2) is 0 Å². The Hall–Kier alpha value is -1.78. The first-order valence-electron chi connectivity index (χ1n) is 4.34. The Kier molecular flexibility index (Phi) is 1.99. The summed E-state index contributed by atoms with van der Waals surface area (Å²) in [5.41, 5.74) is 1.58. The third kappa shape index (κ3) is 1.37. The van der Waals surface area contributed by atoms with E-state index in [1.165, 1.54) is 6.07 Å². The summed E-state index contributed by atoms with van der Waals surface area (Å²) < 4.78 is 5.30. The van der Waals surface area contributed by atoms with Crippen molar-refractivity contribution in [1.29, 1.82) is 0 Å². The fourth-order valence-electron chi connectivity index (χ4n) is 1.48. The molecule has 74 valence electrons. The van der Waals surface area contributed by atoms with Crippen LogP contribution in [0.3, 0.4) is 0 Å². The minimum atomic E-state index is -0.395. The number of rotatable bonds is 1. The standard InChI is InChI=1S/C9H10N2O3/c1-6-4-7-9(14-3-2-10-7)5-8(6)11(12)13/h4-5,10H,2-3H2,1H3. The van der Waals surface area contributed by atoms with Crippen molar-refractivity contribution in [3.8, 4) is 5.75 Å². The molecule has 0 radical (unpaired) electrons. The van der Waals surface area contributed by atoms with Crippen LogP contribution in [0.1, 0.15) is 5.56 Å². The predicted molar refractivity (Wildman–Crippen MR) is 51.8 cm³/mol. The van der Waals surface area contributed by atoms with Gasteiger partial charge in [0, 0.05) is 12.1 Å². The molecule has 1 heterocycles. The SMILES string of the molecule is Cc1cc2c(cc1[N+](=O)[O-])OCCN2. The van der Waals surface area contributed by atoms with Gasteiger partial charge in [0.15, 0.2) is 0 Å². The van der Waals surface area contributed by atoms with Gasteiger partial charge in [-0.3, -0.25) is 10.1 Å². The van der Waals surface area contributed by atoms with Crippen LogP contribution in [0, 0.1) is 17.0 Å². The first-order chi connectivity index (χ1) is 6.68. The number of nitrogens with one attached hydrogen (secondary N) is 1. The molecule has 0 aliphatic carbocycles. The van der Waals surface area contributed by atoms with Crippen LogP contribution in [0.4, 0.5) is 11.4 Å². The van der Waals surface area contributed by atoms with Gasteiger partial charge < -0.3 is 10.1 Å². The predicted octanol–water partition coefficient (Wildman–Crippen LogP) is 1.71. The van der Waals surface area contributed by atoms with E-state index >= 15 is 0 Å². The molecule has 0 bridgehead atoms. The molecule has 1 aliphatic rings. The third-order valence-corrected chi connectivity index (χ3v) is 2.17. The molecule has 0 unspecified atom stereocenters. The molecule has 0 saturated heterocycles.